The molecule has 11 heavy (non-hydrogen) atoms. The summed E-state index contributed by atoms with van der Waals surface area (Å²) in [5, 5.41) is 12.0. The molecule has 68 valence electrons. The Morgan fingerprint density at radius 3 is 2.18 bits per heavy atom. The standard InChI is InChI=1S/C9H21NO/c1-4-9(3,5-2)10-7-6-8-11/h10-11H,4-8H2,1-3H3. The van der Waals surface area contributed by atoms with Crippen LogP contribution in [0.1, 0.15) is 40.0 Å². The Kier molecular flexibility index (Phi) is 5.51. The van der Waals surface area contributed by atoms with Gasteiger partial charge in [0.25, 0.3) is 0 Å². The molecule has 0 saturated carbocycles. The minimum atomic E-state index is 0.273. The predicted octanol–water partition coefficient (Wildman–Crippen LogP) is 1.54. The topological polar surface area (TPSA) is 32.3 Å². The summed E-state index contributed by atoms with van der Waals surface area (Å²) in [5.41, 5.74) is 0.273. The molecule has 0 rings (SSSR count). The lowest BCUT2D eigenvalue weighted by molar-refractivity contribution is 0.266. The fourth-order valence-electron chi connectivity index (χ4n) is 0.969. The van der Waals surface area contributed by atoms with Gasteiger partial charge in [-0.1, -0.05) is 13.8 Å². The van der Waals surface area contributed by atoms with Gasteiger partial charge in [0.05, 0.1) is 0 Å². The van der Waals surface area contributed by atoms with E-state index in [1.807, 2.05) is 0 Å². The monoisotopic (exact) mass is 159 g/mol. The molecule has 0 aliphatic heterocycles. The van der Waals surface area contributed by atoms with Crippen LogP contribution in [0.2, 0.25) is 0 Å². The van der Waals surface area contributed by atoms with Crippen molar-refractivity contribution in [2.24, 2.45) is 0 Å². The molecule has 0 aliphatic carbocycles. The highest BCUT2D eigenvalue weighted by atomic mass is 16.3. The van der Waals surface area contributed by atoms with Crippen molar-refractivity contribution >= 4 is 0 Å². The maximum absolute atomic E-state index is 8.57. The summed E-state index contributed by atoms with van der Waals surface area (Å²) in [5.74, 6) is 0. The average Bonchev–Trinajstić information content (AvgIpc) is 2.05. The molecule has 0 aliphatic rings. The van der Waals surface area contributed by atoms with Crippen molar-refractivity contribution in [3.8, 4) is 0 Å². The Balaban J connectivity index is 3.51. The number of rotatable bonds is 6. The molecule has 2 heteroatoms. The summed E-state index contributed by atoms with van der Waals surface area (Å²) in [4.78, 5) is 0. The zero-order valence-electron chi connectivity index (χ0n) is 7.98. The summed E-state index contributed by atoms with van der Waals surface area (Å²) >= 11 is 0. The number of nitrogens with one attached hydrogen (secondary N) is 1. The first kappa shape index (κ1) is 10.9. The van der Waals surface area contributed by atoms with E-state index in [0.29, 0.717) is 0 Å². The van der Waals surface area contributed by atoms with Gasteiger partial charge in [-0.3, -0.25) is 0 Å². The van der Waals surface area contributed by atoms with Gasteiger partial charge in [0.2, 0.25) is 0 Å². The molecule has 0 atom stereocenters. The van der Waals surface area contributed by atoms with E-state index in [9.17, 15) is 0 Å². The molecule has 2 nitrogen and oxygen atoms in total. The summed E-state index contributed by atoms with van der Waals surface area (Å²) in [6.07, 6.45) is 3.15. The van der Waals surface area contributed by atoms with E-state index >= 15 is 0 Å². The normalized spacial score (nSPS) is 12.0. The van der Waals surface area contributed by atoms with Crippen LogP contribution in [0, 0.1) is 0 Å². The first-order chi connectivity index (χ1) is 5.18. The van der Waals surface area contributed by atoms with Crippen LogP contribution in [0.15, 0.2) is 0 Å². The van der Waals surface area contributed by atoms with Gasteiger partial charge in [0.15, 0.2) is 0 Å². The van der Waals surface area contributed by atoms with Crippen LogP contribution in [-0.4, -0.2) is 23.8 Å². The van der Waals surface area contributed by atoms with Crippen LogP contribution in [0.3, 0.4) is 0 Å². The van der Waals surface area contributed by atoms with E-state index in [4.69, 9.17) is 5.11 Å². The summed E-state index contributed by atoms with van der Waals surface area (Å²) in [6, 6.07) is 0. The smallest absolute Gasteiger partial charge is 0.0443 e. The fraction of sp³-hybridized carbons (Fsp3) is 1.00. The average molecular weight is 159 g/mol. The third-order valence-corrected chi connectivity index (χ3v) is 2.45. The highest BCUT2D eigenvalue weighted by Gasteiger charge is 2.17. The molecule has 0 fully saturated rings. The van der Waals surface area contributed by atoms with Crippen LogP contribution < -0.4 is 5.32 Å². The van der Waals surface area contributed by atoms with Gasteiger partial charge in [-0.2, -0.15) is 0 Å². The molecule has 2 N–H and O–H groups in total. The molecule has 0 bridgehead atoms. The Morgan fingerprint density at radius 1 is 1.27 bits per heavy atom. The van der Waals surface area contributed by atoms with Crippen molar-refractivity contribution in [1.82, 2.24) is 5.32 Å². The van der Waals surface area contributed by atoms with Crippen LogP contribution in [0.4, 0.5) is 0 Å². The van der Waals surface area contributed by atoms with Gasteiger partial charge in [-0.05, 0) is 32.7 Å². The van der Waals surface area contributed by atoms with Crippen molar-refractivity contribution in [3.05, 3.63) is 0 Å². The SMILES string of the molecule is CCC(C)(CC)NCCCO. The van der Waals surface area contributed by atoms with Crippen molar-refractivity contribution < 1.29 is 5.11 Å². The lowest BCUT2D eigenvalue weighted by Crippen LogP contribution is -2.41. The third-order valence-electron chi connectivity index (χ3n) is 2.45. The van der Waals surface area contributed by atoms with E-state index in [1.54, 1.807) is 0 Å². The number of hydrogen-bond donors (Lipinski definition) is 2. The lowest BCUT2D eigenvalue weighted by Gasteiger charge is -2.28. The van der Waals surface area contributed by atoms with Gasteiger partial charge in [0, 0.05) is 12.1 Å². The van der Waals surface area contributed by atoms with E-state index < -0.39 is 0 Å². The highest BCUT2D eigenvalue weighted by Crippen LogP contribution is 2.12. The molecule has 0 heterocycles. The van der Waals surface area contributed by atoms with E-state index in [0.717, 1.165) is 25.8 Å². The third kappa shape index (κ3) is 4.38. The van der Waals surface area contributed by atoms with Crippen LogP contribution in [0.5, 0.6) is 0 Å². The molecule has 0 aromatic rings. The number of hydrogen-bond acceptors (Lipinski definition) is 2. The molecule has 0 spiro atoms. The van der Waals surface area contributed by atoms with Crippen LogP contribution in [-0.2, 0) is 0 Å². The van der Waals surface area contributed by atoms with Crippen LogP contribution in [0.25, 0.3) is 0 Å². The molecule has 0 saturated heterocycles. The van der Waals surface area contributed by atoms with E-state index in [2.05, 4.69) is 26.1 Å². The molecular weight excluding hydrogens is 138 g/mol. The quantitative estimate of drug-likeness (QED) is 0.576. The second-order valence-electron chi connectivity index (χ2n) is 3.27. The minimum absolute atomic E-state index is 0.273. The van der Waals surface area contributed by atoms with Crippen molar-refractivity contribution in [1.29, 1.82) is 0 Å². The fourth-order valence-corrected chi connectivity index (χ4v) is 0.969. The Bertz CT molecular complexity index is 89.6. The van der Waals surface area contributed by atoms with Gasteiger partial charge in [0.1, 0.15) is 0 Å². The first-order valence-electron chi connectivity index (χ1n) is 4.54. The largest absolute Gasteiger partial charge is 0.396 e. The first-order valence-corrected chi connectivity index (χ1v) is 4.54. The second-order valence-corrected chi connectivity index (χ2v) is 3.27. The summed E-state index contributed by atoms with van der Waals surface area (Å²) in [6.45, 7) is 7.82. The zero-order chi connectivity index (χ0) is 8.74. The highest BCUT2D eigenvalue weighted by molar-refractivity contribution is 4.78. The maximum Gasteiger partial charge on any atom is 0.0443 e. The van der Waals surface area contributed by atoms with Crippen molar-refractivity contribution in [2.75, 3.05) is 13.2 Å². The predicted molar refractivity (Wildman–Crippen MR) is 48.7 cm³/mol. The summed E-state index contributed by atoms with van der Waals surface area (Å²) in [7, 11) is 0. The van der Waals surface area contributed by atoms with E-state index in [-0.39, 0.29) is 12.1 Å². The number of aliphatic hydroxyl groups excluding tert-OH is 1. The van der Waals surface area contributed by atoms with Crippen LogP contribution >= 0.6 is 0 Å². The van der Waals surface area contributed by atoms with E-state index in [1.165, 1.54) is 0 Å². The lowest BCUT2D eigenvalue weighted by atomic mass is 9.95. The Labute approximate surface area is 70.0 Å². The van der Waals surface area contributed by atoms with Gasteiger partial charge in [-0.15, -0.1) is 0 Å². The molecule has 0 aromatic carbocycles. The van der Waals surface area contributed by atoms with Crippen molar-refractivity contribution in [3.63, 3.8) is 0 Å². The van der Waals surface area contributed by atoms with Gasteiger partial charge < -0.3 is 10.4 Å². The molecule has 0 radical (unpaired) electrons. The molecule has 0 unspecified atom stereocenters. The van der Waals surface area contributed by atoms with Crippen molar-refractivity contribution in [2.45, 2.75) is 45.6 Å². The molecule has 0 amide bonds. The summed E-state index contributed by atoms with van der Waals surface area (Å²) < 4.78 is 0. The second kappa shape index (κ2) is 5.56. The number of aliphatic hydroxyl groups is 1. The maximum atomic E-state index is 8.57. The van der Waals surface area contributed by atoms with Gasteiger partial charge >= 0.3 is 0 Å². The zero-order valence-corrected chi connectivity index (χ0v) is 7.98. The van der Waals surface area contributed by atoms with Gasteiger partial charge in [-0.25, -0.2) is 0 Å². The Hall–Kier alpha value is -0.0800. The molecular formula is C9H21NO. The minimum Gasteiger partial charge on any atom is -0.396 e. The molecule has 0 aromatic heterocycles. The Morgan fingerprint density at radius 2 is 1.82 bits per heavy atom.